The summed E-state index contributed by atoms with van der Waals surface area (Å²) in [5.41, 5.74) is 1.31. The minimum atomic E-state index is -0.358. The molecule has 0 unspecified atom stereocenters. The molecule has 0 saturated heterocycles. The van der Waals surface area contributed by atoms with Gasteiger partial charge < -0.3 is 15.4 Å². The zero-order valence-corrected chi connectivity index (χ0v) is 13.0. The maximum atomic E-state index is 11.4. The van der Waals surface area contributed by atoms with Crippen molar-refractivity contribution in [1.82, 2.24) is 15.2 Å². The molecule has 0 spiro atoms. The molecule has 1 fully saturated rings. The van der Waals surface area contributed by atoms with E-state index in [1.807, 2.05) is 0 Å². The van der Waals surface area contributed by atoms with Crippen molar-refractivity contribution in [3.8, 4) is 0 Å². The van der Waals surface area contributed by atoms with Gasteiger partial charge in [-0.05, 0) is 37.1 Å². The average Bonchev–Trinajstić information content (AvgIpc) is 3.08. The molecule has 2 N–H and O–H groups in total. The second-order valence-corrected chi connectivity index (χ2v) is 5.48. The molecule has 1 heterocycles. The maximum absolute atomic E-state index is 11.4. The van der Waals surface area contributed by atoms with Crippen LogP contribution in [0.25, 0.3) is 0 Å². The number of ether oxygens (including phenoxy) is 1. The molecule has 1 aromatic heterocycles. The Morgan fingerprint density at radius 2 is 1.96 bits per heavy atom. The van der Waals surface area contributed by atoms with Gasteiger partial charge in [-0.2, -0.15) is 10.1 Å². The molecule has 1 aromatic carbocycles. The first-order valence-electron chi connectivity index (χ1n) is 7.66. The number of anilines is 3. The number of hydrogen-bond acceptors (Lipinski definition) is 7. The Morgan fingerprint density at radius 1 is 1.22 bits per heavy atom. The van der Waals surface area contributed by atoms with E-state index in [-0.39, 0.29) is 5.97 Å². The fourth-order valence-corrected chi connectivity index (χ4v) is 2.63. The summed E-state index contributed by atoms with van der Waals surface area (Å²) in [5, 5.41) is 14.5. The van der Waals surface area contributed by atoms with E-state index in [0.717, 1.165) is 18.5 Å². The Balaban J connectivity index is 1.66. The number of nitrogens with one attached hydrogen (secondary N) is 2. The van der Waals surface area contributed by atoms with E-state index in [4.69, 9.17) is 0 Å². The number of nitrogens with zero attached hydrogens (tertiary/aromatic N) is 3. The first-order chi connectivity index (χ1) is 11.2. The second-order valence-electron chi connectivity index (χ2n) is 5.48. The molecule has 1 aliphatic carbocycles. The molecular weight excluding hydrogens is 294 g/mol. The number of carbonyl (C=O) groups excluding carboxylic acids is 1. The molecule has 23 heavy (non-hydrogen) atoms. The van der Waals surface area contributed by atoms with Gasteiger partial charge >= 0.3 is 5.97 Å². The number of carbonyl (C=O) groups is 1. The Morgan fingerprint density at radius 3 is 2.65 bits per heavy atom. The fourth-order valence-electron chi connectivity index (χ4n) is 2.63. The normalized spacial score (nSPS) is 14.5. The molecule has 7 heteroatoms. The molecule has 120 valence electrons. The van der Waals surface area contributed by atoms with Crippen molar-refractivity contribution in [2.45, 2.75) is 31.7 Å². The second kappa shape index (κ2) is 7.04. The lowest BCUT2D eigenvalue weighted by Gasteiger charge is -2.12. The standard InChI is InChI=1S/C16H19N5O2/c1-23-15(22)11-6-8-13(9-7-11)18-14-10-17-21-16(20-14)19-12-4-2-3-5-12/h6-10,12H,2-5H2,1H3,(H2,18,19,20,21). The summed E-state index contributed by atoms with van der Waals surface area (Å²) in [6.45, 7) is 0. The minimum absolute atomic E-state index is 0.358. The van der Waals surface area contributed by atoms with Gasteiger partial charge in [-0.25, -0.2) is 4.79 Å². The van der Waals surface area contributed by atoms with Crippen LogP contribution in [0.3, 0.4) is 0 Å². The highest BCUT2D eigenvalue weighted by molar-refractivity contribution is 5.89. The highest BCUT2D eigenvalue weighted by Gasteiger charge is 2.16. The lowest BCUT2D eigenvalue weighted by Crippen LogP contribution is -2.17. The van der Waals surface area contributed by atoms with Gasteiger partial charge in [-0.1, -0.05) is 12.8 Å². The molecule has 0 atom stereocenters. The van der Waals surface area contributed by atoms with E-state index < -0.39 is 0 Å². The highest BCUT2D eigenvalue weighted by Crippen LogP contribution is 2.21. The van der Waals surface area contributed by atoms with Crippen LogP contribution < -0.4 is 10.6 Å². The van der Waals surface area contributed by atoms with Crippen molar-refractivity contribution in [2.24, 2.45) is 0 Å². The summed E-state index contributed by atoms with van der Waals surface area (Å²) in [7, 11) is 1.36. The van der Waals surface area contributed by atoms with Crippen molar-refractivity contribution < 1.29 is 9.53 Å². The highest BCUT2D eigenvalue weighted by atomic mass is 16.5. The van der Waals surface area contributed by atoms with Crippen molar-refractivity contribution in [2.75, 3.05) is 17.7 Å². The zero-order valence-electron chi connectivity index (χ0n) is 13.0. The number of aromatic nitrogens is 3. The summed E-state index contributed by atoms with van der Waals surface area (Å²) in [6, 6.07) is 7.41. The van der Waals surface area contributed by atoms with Crippen molar-refractivity contribution in [1.29, 1.82) is 0 Å². The van der Waals surface area contributed by atoms with Gasteiger partial charge in [0.05, 0.1) is 18.9 Å². The lowest BCUT2D eigenvalue weighted by atomic mass is 10.2. The SMILES string of the molecule is COC(=O)c1ccc(Nc2cnnc(NC3CCCC3)n2)cc1. The lowest BCUT2D eigenvalue weighted by molar-refractivity contribution is 0.0601. The van der Waals surface area contributed by atoms with E-state index in [2.05, 4.69) is 30.6 Å². The van der Waals surface area contributed by atoms with E-state index in [1.165, 1.54) is 20.0 Å². The van der Waals surface area contributed by atoms with E-state index in [9.17, 15) is 4.79 Å². The van der Waals surface area contributed by atoms with Gasteiger partial charge in [0, 0.05) is 11.7 Å². The number of methoxy groups -OCH3 is 1. The summed E-state index contributed by atoms with van der Waals surface area (Å²) in [6.07, 6.45) is 6.35. The molecule has 7 nitrogen and oxygen atoms in total. The van der Waals surface area contributed by atoms with Crippen molar-refractivity contribution in [3.63, 3.8) is 0 Å². The van der Waals surface area contributed by atoms with Gasteiger partial charge in [0.1, 0.15) is 0 Å². The summed E-state index contributed by atoms with van der Waals surface area (Å²) in [4.78, 5) is 15.8. The van der Waals surface area contributed by atoms with E-state index in [0.29, 0.717) is 23.4 Å². The summed E-state index contributed by atoms with van der Waals surface area (Å²) >= 11 is 0. The molecule has 0 aliphatic heterocycles. The van der Waals surface area contributed by atoms with Crippen LogP contribution in [0.5, 0.6) is 0 Å². The van der Waals surface area contributed by atoms with Crippen LogP contribution in [0.2, 0.25) is 0 Å². The van der Waals surface area contributed by atoms with Gasteiger partial charge in [-0.3, -0.25) is 0 Å². The summed E-state index contributed by atoms with van der Waals surface area (Å²) in [5.74, 6) is 0.780. The largest absolute Gasteiger partial charge is 0.465 e. The molecule has 0 radical (unpaired) electrons. The minimum Gasteiger partial charge on any atom is -0.465 e. The van der Waals surface area contributed by atoms with Gasteiger partial charge in [0.25, 0.3) is 0 Å². The number of esters is 1. The predicted molar refractivity (Wildman–Crippen MR) is 86.8 cm³/mol. The van der Waals surface area contributed by atoms with Crippen LogP contribution in [0.1, 0.15) is 36.0 Å². The Labute approximate surface area is 134 Å². The predicted octanol–water partition coefficient (Wildman–Crippen LogP) is 2.76. The molecule has 0 bridgehead atoms. The Hall–Kier alpha value is -2.70. The third kappa shape index (κ3) is 3.94. The molecule has 0 amide bonds. The zero-order chi connectivity index (χ0) is 16.1. The molecule has 1 aliphatic rings. The van der Waals surface area contributed by atoms with Crippen LogP contribution >= 0.6 is 0 Å². The molecule has 1 saturated carbocycles. The monoisotopic (exact) mass is 313 g/mol. The fraction of sp³-hybridized carbons (Fsp3) is 0.375. The first kappa shape index (κ1) is 15.2. The van der Waals surface area contributed by atoms with Crippen LogP contribution in [-0.2, 0) is 4.74 Å². The smallest absolute Gasteiger partial charge is 0.337 e. The van der Waals surface area contributed by atoms with Crippen molar-refractivity contribution >= 4 is 23.4 Å². The van der Waals surface area contributed by atoms with Crippen LogP contribution in [-0.4, -0.2) is 34.3 Å². The first-order valence-corrected chi connectivity index (χ1v) is 7.66. The van der Waals surface area contributed by atoms with Gasteiger partial charge in [0.2, 0.25) is 5.95 Å². The van der Waals surface area contributed by atoms with E-state index in [1.54, 1.807) is 30.5 Å². The number of hydrogen-bond donors (Lipinski definition) is 2. The molecule has 3 rings (SSSR count). The number of benzene rings is 1. The van der Waals surface area contributed by atoms with Crippen molar-refractivity contribution in [3.05, 3.63) is 36.0 Å². The van der Waals surface area contributed by atoms with Gasteiger partial charge in [0.15, 0.2) is 5.82 Å². The van der Waals surface area contributed by atoms with Gasteiger partial charge in [-0.15, -0.1) is 5.10 Å². The summed E-state index contributed by atoms with van der Waals surface area (Å²) < 4.78 is 4.68. The maximum Gasteiger partial charge on any atom is 0.337 e. The Bertz CT molecular complexity index is 668. The number of rotatable bonds is 5. The quantitative estimate of drug-likeness (QED) is 0.820. The Kier molecular flexibility index (Phi) is 4.65. The topological polar surface area (TPSA) is 89.0 Å². The van der Waals surface area contributed by atoms with E-state index >= 15 is 0 Å². The van der Waals surface area contributed by atoms with Crippen LogP contribution in [0, 0.1) is 0 Å². The molecule has 2 aromatic rings. The average molecular weight is 313 g/mol. The van der Waals surface area contributed by atoms with Crippen LogP contribution in [0.4, 0.5) is 17.5 Å². The molecular formula is C16H19N5O2. The third-order valence-corrected chi connectivity index (χ3v) is 3.83. The third-order valence-electron chi connectivity index (χ3n) is 3.83. The van der Waals surface area contributed by atoms with Crippen LogP contribution in [0.15, 0.2) is 30.5 Å².